The molecule has 184 valence electrons. The molecule has 2 aromatic rings. The van der Waals surface area contributed by atoms with E-state index in [1.807, 2.05) is 12.1 Å². The molecule has 2 N–H and O–H groups in total. The Kier molecular flexibility index (Phi) is 9.06. The molecule has 1 saturated heterocycles. The quantitative estimate of drug-likeness (QED) is 0.468. The highest BCUT2D eigenvalue weighted by Gasteiger charge is 2.21. The Morgan fingerprint density at radius 3 is 2.59 bits per heavy atom. The molecule has 0 saturated carbocycles. The summed E-state index contributed by atoms with van der Waals surface area (Å²) in [6.07, 6.45) is 4.95. The fourth-order valence-corrected chi connectivity index (χ4v) is 4.98. The van der Waals surface area contributed by atoms with Crippen molar-refractivity contribution in [2.75, 3.05) is 24.5 Å². The van der Waals surface area contributed by atoms with Gasteiger partial charge in [0.25, 0.3) is 15.9 Å². The van der Waals surface area contributed by atoms with E-state index in [4.69, 9.17) is 9.47 Å². The molecule has 9 heteroatoms. The van der Waals surface area contributed by atoms with Gasteiger partial charge in [-0.2, -0.15) is 0 Å². The number of carbonyl (C=O) groups excluding carboxylic acids is 2. The third kappa shape index (κ3) is 7.30. The Labute approximate surface area is 201 Å². The van der Waals surface area contributed by atoms with Crippen molar-refractivity contribution in [2.24, 2.45) is 0 Å². The van der Waals surface area contributed by atoms with Crippen LogP contribution in [0.15, 0.2) is 47.4 Å². The molecule has 0 aromatic heterocycles. The molecule has 3 rings (SSSR count). The number of hydrogen-bond donors (Lipinski definition) is 2. The first-order valence-electron chi connectivity index (χ1n) is 11.6. The van der Waals surface area contributed by atoms with Crippen LogP contribution in [0.3, 0.4) is 0 Å². The molecule has 1 aliphatic rings. The van der Waals surface area contributed by atoms with E-state index in [9.17, 15) is 18.0 Å². The highest BCUT2D eigenvalue weighted by Crippen LogP contribution is 2.22. The van der Waals surface area contributed by atoms with E-state index in [1.54, 1.807) is 19.1 Å². The number of ether oxygens (including phenoxy) is 2. The second-order valence-corrected chi connectivity index (χ2v) is 10.1. The van der Waals surface area contributed by atoms with Crippen molar-refractivity contribution < 1.29 is 27.5 Å². The molecule has 1 unspecified atom stereocenters. The summed E-state index contributed by atoms with van der Waals surface area (Å²) >= 11 is 0. The number of anilines is 1. The molecule has 0 bridgehead atoms. The van der Waals surface area contributed by atoms with Crippen LogP contribution in [0.25, 0.3) is 0 Å². The van der Waals surface area contributed by atoms with Gasteiger partial charge in [-0.15, -0.1) is 0 Å². The lowest BCUT2D eigenvalue weighted by Gasteiger charge is -2.13. The van der Waals surface area contributed by atoms with Gasteiger partial charge >= 0.3 is 5.97 Å². The molecule has 34 heavy (non-hydrogen) atoms. The SMILES string of the molecule is CCCCc1ccc(NS(=O)(=O)c2cc(C(=O)OCC(=O)NCC3CCCO3)ccc2C)cc1. The number of carbonyl (C=O) groups is 2. The third-order valence-electron chi connectivity index (χ3n) is 5.62. The normalized spacial score (nSPS) is 15.6. The van der Waals surface area contributed by atoms with Crippen LogP contribution in [0.2, 0.25) is 0 Å². The smallest absolute Gasteiger partial charge is 0.338 e. The minimum absolute atomic E-state index is 0.00967. The Bertz CT molecular complexity index is 1090. The van der Waals surface area contributed by atoms with Crippen LogP contribution in [0.4, 0.5) is 5.69 Å². The van der Waals surface area contributed by atoms with E-state index in [1.165, 1.54) is 18.2 Å². The first kappa shape index (κ1) is 25.7. The molecule has 0 aliphatic carbocycles. The fourth-order valence-electron chi connectivity index (χ4n) is 3.65. The molecule has 2 aromatic carbocycles. The third-order valence-corrected chi connectivity index (χ3v) is 7.15. The van der Waals surface area contributed by atoms with E-state index >= 15 is 0 Å². The number of benzene rings is 2. The van der Waals surface area contributed by atoms with Crippen LogP contribution in [-0.4, -0.2) is 46.2 Å². The predicted octanol–water partition coefficient (Wildman–Crippen LogP) is 3.59. The fraction of sp³-hybridized carbons (Fsp3) is 0.440. The van der Waals surface area contributed by atoms with Crippen molar-refractivity contribution in [1.82, 2.24) is 5.32 Å². The van der Waals surface area contributed by atoms with Crippen LogP contribution >= 0.6 is 0 Å². The molecule has 0 spiro atoms. The predicted molar refractivity (Wildman–Crippen MR) is 129 cm³/mol. The van der Waals surface area contributed by atoms with Gasteiger partial charge in [0.05, 0.1) is 16.6 Å². The average Bonchev–Trinajstić information content (AvgIpc) is 3.34. The first-order valence-corrected chi connectivity index (χ1v) is 13.0. The van der Waals surface area contributed by atoms with Crippen molar-refractivity contribution in [3.05, 3.63) is 59.2 Å². The maximum Gasteiger partial charge on any atom is 0.338 e. The molecule has 0 radical (unpaired) electrons. The van der Waals surface area contributed by atoms with E-state index in [0.29, 0.717) is 24.4 Å². The summed E-state index contributed by atoms with van der Waals surface area (Å²) in [4.78, 5) is 24.4. The number of unbranched alkanes of at least 4 members (excludes halogenated alkanes) is 1. The minimum atomic E-state index is -3.93. The van der Waals surface area contributed by atoms with Gasteiger partial charge in [0.15, 0.2) is 6.61 Å². The average molecular weight is 489 g/mol. The zero-order chi connectivity index (χ0) is 24.6. The molecule has 1 amide bonds. The van der Waals surface area contributed by atoms with Crippen LogP contribution < -0.4 is 10.0 Å². The summed E-state index contributed by atoms with van der Waals surface area (Å²) < 4.78 is 39.0. The van der Waals surface area contributed by atoms with Gasteiger partial charge in [-0.05, 0) is 68.0 Å². The van der Waals surface area contributed by atoms with E-state index in [-0.39, 0.29) is 16.6 Å². The van der Waals surface area contributed by atoms with Crippen molar-refractivity contribution in [1.29, 1.82) is 0 Å². The van der Waals surface area contributed by atoms with Crippen LogP contribution in [0.5, 0.6) is 0 Å². The number of esters is 1. The van der Waals surface area contributed by atoms with Crippen molar-refractivity contribution in [2.45, 2.75) is 57.0 Å². The molecule has 1 aliphatic heterocycles. The van der Waals surface area contributed by atoms with Crippen LogP contribution in [0, 0.1) is 6.92 Å². The second-order valence-electron chi connectivity index (χ2n) is 8.40. The number of hydrogen-bond acceptors (Lipinski definition) is 6. The molecule has 1 heterocycles. The number of amides is 1. The molecule has 1 atom stereocenters. The Balaban J connectivity index is 1.61. The number of aryl methyl sites for hydroxylation is 2. The maximum atomic E-state index is 13.0. The molecular formula is C25H32N2O6S. The molecular weight excluding hydrogens is 456 g/mol. The standard InChI is InChI=1S/C25H32N2O6S/c1-3-4-6-19-9-12-21(13-10-19)27-34(30,31)23-15-20(11-8-18(23)2)25(29)33-17-24(28)26-16-22-7-5-14-32-22/h8-13,15,22,27H,3-7,14,16-17H2,1-2H3,(H,26,28). The van der Waals surface area contributed by atoms with Gasteiger partial charge in [-0.1, -0.05) is 31.5 Å². The summed E-state index contributed by atoms with van der Waals surface area (Å²) in [6.45, 7) is 4.37. The number of sulfonamides is 1. The number of rotatable bonds is 11. The van der Waals surface area contributed by atoms with E-state index in [2.05, 4.69) is 17.0 Å². The van der Waals surface area contributed by atoms with Crippen molar-refractivity contribution in [3.63, 3.8) is 0 Å². The lowest BCUT2D eigenvalue weighted by Crippen LogP contribution is -2.34. The second kappa shape index (κ2) is 12.0. The van der Waals surface area contributed by atoms with Crippen LogP contribution in [-0.2, 0) is 30.7 Å². The zero-order valence-corrected chi connectivity index (χ0v) is 20.4. The van der Waals surface area contributed by atoms with Gasteiger partial charge in [-0.25, -0.2) is 13.2 Å². The summed E-state index contributed by atoms with van der Waals surface area (Å²) in [6, 6.07) is 11.5. The minimum Gasteiger partial charge on any atom is -0.452 e. The van der Waals surface area contributed by atoms with Crippen molar-refractivity contribution >= 4 is 27.6 Å². The van der Waals surface area contributed by atoms with Gasteiger partial charge < -0.3 is 14.8 Å². The van der Waals surface area contributed by atoms with Gasteiger partial charge in [0.2, 0.25) is 0 Å². The van der Waals surface area contributed by atoms with E-state index in [0.717, 1.165) is 37.7 Å². The summed E-state index contributed by atoms with van der Waals surface area (Å²) in [5.41, 5.74) is 2.12. The Hall–Kier alpha value is -2.91. The largest absolute Gasteiger partial charge is 0.452 e. The number of nitrogens with one attached hydrogen (secondary N) is 2. The Morgan fingerprint density at radius 1 is 1.15 bits per heavy atom. The van der Waals surface area contributed by atoms with Crippen molar-refractivity contribution in [3.8, 4) is 0 Å². The first-order chi connectivity index (χ1) is 16.3. The lowest BCUT2D eigenvalue weighted by atomic mass is 10.1. The highest BCUT2D eigenvalue weighted by atomic mass is 32.2. The summed E-state index contributed by atoms with van der Waals surface area (Å²) in [5.74, 6) is -1.21. The van der Waals surface area contributed by atoms with Crippen LogP contribution in [0.1, 0.15) is 54.1 Å². The molecule has 1 fully saturated rings. The monoisotopic (exact) mass is 488 g/mol. The summed E-state index contributed by atoms with van der Waals surface area (Å²) in [7, 11) is -3.93. The topological polar surface area (TPSA) is 111 Å². The highest BCUT2D eigenvalue weighted by molar-refractivity contribution is 7.92. The maximum absolute atomic E-state index is 13.0. The summed E-state index contributed by atoms with van der Waals surface area (Å²) in [5, 5.41) is 2.67. The molecule has 8 nitrogen and oxygen atoms in total. The van der Waals surface area contributed by atoms with Gasteiger partial charge in [0.1, 0.15) is 0 Å². The lowest BCUT2D eigenvalue weighted by molar-refractivity contribution is -0.124. The van der Waals surface area contributed by atoms with E-state index < -0.39 is 28.5 Å². The van der Waals surface area contributed by atoms with Gasteiger partial charge in [-0.3, -0.25) is 9.52 Å². The van der Waals surface area contributed by atoms with Gasteiger partial charge in [0, 0.05) is 18.8 Å². The zero-order valence-electron chi connectivity index (χ0n) is 19.6. The Morgan fingerprint density at radius 2 is 1.91 bits per heavy atom.